The van der Waals surface area contributed by atoms with Gasteiger partial charge in [0.15, 0.2) is 0 Å². The highest BCUT2D eigenvalue weighted by Gasteiger charge is 2.07. The fourth-order valence-corrected chi connectivity index (χ4v) is 0.386. The van der Waals surface area contributed by atoms with Gasteiger partial charge in [-0.15, -0.1) is 0 Å². The molecular weight excluding hydrogens is 173 g/mol. The Hall–Kier alpha value is -1.26. The SMILES string of the molecule is C/C(C(=O)O)=C(F)\C=C(\F)CF. The maximum atomic E-state index is 12.5. The quantitative estimate of drug-likeness (QED) is 0.533. The molecule has 0 aliphatic carbocycles. The molecule has 0 aliphatic rings. The number of rotatable bonds is 3. The summed E-state index contributed by atoms with van der Waals surface area (Å²) < 4.78 is 36.0. The zero-order valence-corrected chi connectivity index (χ0v) is 6.27. The fraction of sp³-hybridized carbons (Fsp3) is 0.286. The summed E-state index contributed by atoms with van der Waals surface area (Å²) in [6.07, 6.45) is 0.212. The van der Waals surface area contributed by atoms with Gasteiger partial charge in [0.25, 0.3) is 0 Å². The summed E-state index contributed by atoms with van der Waals surface area (Å²) in [6.45, 7) is -0.486. The lowest BCUT2D eigenvalue weighted by Gasteiger charge is -1.93. The molecule has 0 amide bonds. The number of carbonyl (C=O) groups is 1. The number of aliphatic carboxylic acids is 1. The molecule has 0 bridgehead atoms. The van der Waals surface area contributed by atoms with Crippen LogP contribution in [0.2, 0.25) is 0 Å². The van der Waals surface area contributed by atoms with Crippen molar-refractivity contribution >= 4 is 5.97 Å². The van der Waals surface area contributed by atoms with E-state index in [1.54, 1.807) is 0 Å². The van der Waals surface area contributed by atoms with Gasteiger partial charge in [-0.1, -0.05) is 0 Å². The van der Waals surface area contributed by atoms with E-state index in [2.05, 4.69) is 0 Å². The molecule has 0 saturated carbocycles. The summed E-state index contributed by atoms with van der Waals surface area (Å²) in [4.78, 5) is 10.1. The minimum absolute atomic E-state index is 0.212. The first-order valence-corrected chi connectivity index (χ1v) is 3.00. The van der Waals surface area contributed by atoms with Crippen LogP contribution in [-0.4, -0.2) is 17.8 Å². The van der Waals surface area contributed by atoms with Crippen molar-refractivity contribution in [2.45, 2.75) is 6.92 Å². The molecule has 0 aromatic rings. The average Bonchev–Trinajstić information content (AvgIpc) is 2.02. The Balaban J connectivity index is 4.69. The number of hydrogen-bond acceptors (Lipinski definition) is 1. The lowest BCUT2D eigenvalue weighted by atomic mass is 10.2. The highest BCUT2D eigenvalue weighted by atomic mass is 19.2. The summed E-state index contributed by atoms with van der Waals surface area (Å²) in [7, 11) is 0. The summed E-state index contributed by atoms with van der Waals surface area (Å²) in [5, 5.41) is 8.19. The van der Waals surface area contributed by atoms with Crippen molar-refractivity contribution < 1.29 is 23.1 Å². The predicted octanol–water partition coefficient (Wildman–Crippen LogP) is 2.14. The maximum Gasteiger partial charge on any atom is 0.334 e. The molecule has 0 rings (SSSR count). The zero-order chi connectivity index (χ0) is 9.72. The summed E-state index contributed by atoms with van der Waals surface area (Å²) >= 11 is 0. The Labute approximate surface area is 67.0 Å². The number of allylic oxidation sites excluding steroid dienone is 3. The standard InChI is InChI=1S/C7H7F3O2/c1-4(7(11)12)6(10)2-5(9)3-8/h2H,3H2,1H3,(H,11,12)/b5-2+,6-4-. The molecule has 0 radical (unpaired) electrons. The molecule has 1 N–H and O–H groups in total. The van der Waals surface area contributed by atoms with Crippen molar-refractivity contribution in [1.29, 1.82) is 0 Å². The number of carboxylic acids is 1. The third-order valence-electron chi connectivity index (χ3n) is 1.09. The first kappa shape index (κ1) is 10.7. The summed E-state index contributed by atoms with van der Waals surface area (Å²) in [6, 6.07) is 0. The van der Waals surface area contributed by atoms with Gasteiger partial charge in [-0.25, -0.2) is 18.0 Å². The lowest BCUT2D eigenvalue weighted by Crippen LogP contribution is -1.98. The summed E-state index contributed by atoms with van der Waals surface area (Å²) in [5.41, 5.74) is -0.654. The molecule has 0 heterocycles. The van der Waals surface area contributed by atoms with E-state index in [1.807, 2.05) is 0 Å². The van der Waals surface area contributed by atoms with Crippen molar-refractivity contribution in [2.75, 3.05) is 6.67 Å². The first-order chi connectivity index (χ1) is 5.49. The Bertz CT molecular complexity index is 243. The highest BCUT2D eigenvalue weighted by molar-refractivity contribution is 5.86. The smallest absolute Gasteiger partial charge is 0.334 e. The second-order valence-corrected chi connectivity index (χ2v) is 2.00. The van der Waals surface area contributed by atoms with Gasteiger partial charge in [0.2, 0.25) is 0 Å². The Morgan fingerprint density at radius 1 is 1.50 bits per heavy atom. The van der Waals surface area contributed by atoms with E-state index in [0.29, 0.717) is 0 Å². The van der Waals surface area contributed by atoms with Crippen LogP contribution in [0.3, 0.4) is 0 Å². The average molecular weight is 180 g/mol. The third kappa shape index (κ3) is 3.23. The van der Waals surface area contributed by atoms with Gasteiger partial charge in [0.05, 0.1) is 5.57 Å². The van der Waals surface area contributed by atoms with Crippen molar-refractivity contribution in [2.24, 2.45) is 0 Å². The van der Waals surface area contributed by atoms with Crippen molar-refractivity contribution in [3.63, 3.8) is 0 Å². The number of alkyl halides is 1. The monoisotopic (exact) mass is 180 g/mol. The zero-order valence-electron chi connectivity index (χ0n) is 6.27. The van der Waals surface area contributed by atoms with Crippen LogP contribution in [0.25, 0.3) is 0 Å². The van der Waals surface area contributed by atoms with E-state index >= 15 is 0 Å². The second-order valence-electron chi connectivity index (χ2n) is 2.00. The molecule has 5 heteroatoms. The van der Waals surface area contributed by atoms with Crippen LogP contribution in [0.1, 0.15) is 6.92 Å². The minimum atomic E-state index is -1.50. The largest absolute Gasteiger partial charge is 0.478 e. The molecular formula is C7H7F3O2. The normalized spacial score (nSPS) is 14.2. The number of halogens is 3. The van der Waals surface area contributed by atoms with Crippen LogP contribution in [-0.2, 0) is 4.79 Å². The second kappa shape index (κ2) is 4.58. The van der Waals surface area contributed by atoms with E-state index in [-0.39, 0.29) is 6.08 Å². The maximum absolute atomic E-state index is 12.5. The van der Waals surface area contributed by atoms with Gasteiger partial charge in [0.1, 0.15) is 18.3 Å². The van der Waals surface area contributed by atoms with Crippen LogP contribution in [0.4, 0.5) is 13.2 Å². The third-order valence-corrected chi connectivity index (χ3v) is 1.09. The topological polar surface area (TPSA) is 37.3 Å². The predicted molar refractivity (Wildman–Crippen MR) is 36.6 cm³/mol. The van der Waals surface area contributed by atoms with Gasteiger partial charge in [-0.2, -0.15) is 0 Å². The van der Waals surface area contributed by atoms with Crippen LogP contribution in [0.5, 0.6) is 0 Å². The van der Waals surface area contributed by atoms with Gasteiger partial charge in [0, 0.05) is 6.08 Å². The van der Waals surface area contributed by atoms with Crippen LogP contribution in [0.15, 0.2) is 23.3 Å². The molecule has 0 aromatic heterocycles. The molecule has 68 valence electrons. The molecule has 0 fully saturated rings. The molecule has 0 spiro atoms. The van der Waals surface area contributed by atoms with Crippen molar-refractivity contribution in [3.05, 3.63) is 23.3 Å². The number of carboxylic acid groups (broad SMARTS) is 1. The molecule has 0 saturated heterocycles. The molecule has 0 aromatic carbocycles. The molecule has 12 heavy (non-hydrogen) atoms. The van der Waals surface area contributed by atoms with Crippen molar-refractivity contribution in [3.8, 4) is 0 Å². The molecule has 0 atom stereocenters. The van der Waals surface area contributed by atoms with Crippen LogP contribution in [0, 0.1) is 0 Å². The van der Waals surface area contributed by atoms with Gasteiger partial charge >= 0.3 is 5.97 Å². The molecule has 0 aliphatic heterocycles. The lowest BCUT2D eigenvalue weighted by molar-refractivity contribution is -0.132. The first-order valence-electron chi connectivity index (χ1n) is 3.00. The van der Waals surface area contributed by atoms with Gasteiger partial charge < -0.3 is 5.11 Å². The van der Waals surface area contributed by atoms with Gasteiger partial charge in [-0.3, -0.25) is 0 Å². The fourth-order valence-electron chi connectivity index (χ4n) is 0.386. The molecule has 0 unspecified atom stereocenters. The van der Waals surface area contributed by atoms with E-state index < -0.39 is 29.9 Å². The van der Waals surface area contributed by atoms with Crippen LogP contribution >= 0.6 is 0 Å². The highest BCUT2D eigenvalue weighted by Crippen LogP contribution is 2.11. The van der Waals surface area contributed by atoms with E-state index in [4.69, 9.17) is 5.11 Å². The Kier molecular flexibility index (Phi) is 4.10. The van der Waals surface area contributed by atoms with Gasteiger partial charge in [-0.05, 0) is 6.92 Å². The molecule has 2 nitrogen and oxygen atoms in total. The minimum Gasteiger partial charge on any atom is -0.478 e. The number of hydrogen-bond donors (Lipinski definition) is 1. The van der Waals surface area contributed by atoms with Crippen LogP contribution < -0.4 is 0 Å². The summed E-state index contributed by atoms with van der Waals surface area (Å²) in [5.74, 6) is -4.12. The van der Waals surface area contributed by atoms with E-state index in [9.17, 15) is 18.0 Å². The van der Waals surface area contributed by atoms with Crippen molar-refractivity contribution in [1.82, 2.24) is 0 Å². The van der Waals surface area contributed by atoms with E-state index in [0.717, 1.165) is 6.92 Å². The van der Waals surface area contributed by atoms with E-state index in [1.165, 1.54) is 0 Å². The Morgan fingerprint density at radius 3 is 2.33 bits per heavy atom. The Morgan fingerprint density at radius 2 is 2.00 bits per heavy atom.